The average Bonchev–Trinajstić information content (AvgIpc) is 2.76. The summed E-state index contributed by atoms with van der Waals surface area (Å²) in [5.74, 6) is -0.379. The minimum atomic E-state index is -1.58. The number of carbonyl (C=O) groups is 1. The first-order valence-corrected chi connectivity index (χ1v) is 7.58. The number of hydrogen-bond acceptors (Lipinski definition) is 4. The Morgan fingerprint density at radius 1 is 1.14 bits per heavy atom. The molecule has 1 aliphatic rings. The second kappa shape index (κ2) is 5.23. The molecular weight excluding hydrogens is 347 g/mol. The summed E-state index contributed by atoms with van der Waals surface area (Å²) in [6, 6.07) is 10.9. The Kier molecular flexibility index (Phi) is 3.63. The van der Waals surface area contributed by atoms with Crippen molar-refractivity contribution in [2.24, 2.45) is 0 Å². The molecule has 1 aliphatic carbocycles. The third kappa shape index (κ3) is 2.02. The van der Waals surface area contributed by atoms with Gasteiger partial charge < -0.3 is 14.8 Å². The van der Waals surface area contributed by atoms with Gasteiger partial charge in [0.05, 0.1) is 7.11 Å². The maximum absolute atomic E-state index is 12.5. The van der Waals surface area contributed by atoms with E-state index in [0.29, 0.717) is 5.46 Å². The largest absolute Gasteiger partial charge is 0.488 e. The van der Waals surface area contributed by atoms with Gasteiger partial charge in [-0.15, -0.1) is 0 Å². The molecule has 0 spiro atoms. The Morgan fingerprint density at radius 2 is 1.73 bits per heavy atom. The Bertz CT molecular complexity index is 775. The van der Waals surface area contributed by atoms with E-state index < -0.39 is 12.5 Å². The van der Waals surface area contributed by atoms with E-state index in [0.717, 1.165) is 26.7 Å². The number of benzene rings is 2. The van der Waals surface area contributed by atoms with Gasteiger partial charge in [0.15, 0.2) is 0 Å². The SMILES string of the molecule is COC(=O)C1(C)c2cc(Br)ccc2-c2ccc(B(O)O)cc21. The lowest BCUT2D eigenvalue weighted by atomic mass is 9.74. The lowest BCUT2D eigenvalue weighted by Gasteiger charge is -2.24. The molecule has 1 atom stereocenters. The molecule has 2 aromatic rings. The monoisotopic (exact) mass is 360 g/mol. The predicted molar refractivity (Wildman–Crippen MR) is 87.9 cm³/mol. The van der Waals surface area contributed by atoms with E-state index in [9.17, 15) is 14.8 Å². The van der Waals surface area contributed by atoms with Gasteiger partial charge in [0.2, 0.25) is 0 Å². The van der Waals surface area contributed by atoms with Crippen LogP contribution in [0, 0.1) is 0 Å². The van der Waals surface area contributed by atoms with Crippen molar-refractivity contribution in [2.75, 3.05) is 7.11 Å². The molecule has 6 heteroatoms. The van der Waals surface area contributed by atoms with Crippen molar-refractivity contribution < 1.29 is 19.6 Å². The van der Waals surface area contributed by atoms with Gasteiger partial charge >= 0.3 is 13.1 Å². The Hall–Kier alpha value is -1.63. The zero-order valence-corrected chi connectivity index (χ0v) is 13.7. The second-order valence-corrected chi connectivity index (χ2v) is 6.40. The summed E-state index contributed by atoms with van der Waals surface area (Å²) in [7, 11) is -0.226. The van der Waals surface area contributed by atoms with E-state index in [4.69, 9.17) is 4.74 Å². The maximum atomic E-state index is 12.5. The van der Waals surface area contributed by atoms with Gasteiger partial charge in [-0.05, 0) is 46.8 Å². The van der Waals surface area contributed by atoms with Crippen molar-refractivity contribution in [3.63, 3.8) is 0 Å². The van der Waals surface area contributed by atoms with Crippen LogP contribution in [0.25, 0.3) is 11.1 Å². The molecule has 0 bridgehead atoms. The van der Waals surface area contributed by atoms with Crippen LogP contribution in [0.3, 0.4) is 0 Å². The molecule has 2 aromatic carbocycles. The summed E-state index contributed by atoms with van der Waals surface area (Å²) >= 11 is 3.44. The molecule has 3 rings (SSSR count). The topological polar surface area (TPSA) is 66.8 Å². The molecule has 0 fully saturated rings. The van der Waals surface area contributed by atoms with Crippen LogP contribution in [-0.4, -0.2) is 30.2 Å². The predicted octanol–water partition coefficient (Wildman–Crippen LogP) is 1.59. The van der Waals surface area contributed by atoms with Crippen LogP contribution in [0.4, 0.5) is 0 Å². The number of halogens is 1. The maximum Gasteiger partial charge on any atom is 0.488 e. The fourth-order valence-electron chi connectivity index (χ4n) is 3.11. The van der Waals surface area contributed by atoms with Crippen molar-refractivity contribution >= 4 is 34.5 Å². The zero-order valence-electron chi connectivity index (χ0n) is 12.1. The number of fused-ring (bicyclic) bond motifs is 3. The molecule has 0 amide bonds. The summed E-state index contributed by atoms with van der Waals surface area (Å²) < 4.78 is 5.88. The van der Waals surface area contributed by atoms with Crippen LogP contribution in [-0.2, 0) is 14.9 Å². The fraction of sp³-hybridized carbons (Fsp3) is 0.188. The second-order valence-electron chi connectivity index (χ2n) is 5.49. The fourth-order valence-corrected chi connectivity index (χ4v) is 3.47. The first kappa shape index (κ1) is 15.3. The minimum Gasteiger partial charge on any atom is -0.468 e. The first-order valence-electron chi connectivity index (χ1n) is 6.79. The average molecular weight is 361 g/mol. The number of carbonyl (C=O) groups excluding carboxylic acids is 1. The van der Waals surface area contributed by atoms with Crippen LogP contribution in [0.2, 0.25) is 0 Å². The van der Waals surface area contributed by atoms with Crippen LogP contribution in [0.5, 0.6) is 0 Å². The molecule has 0 aliphatic heterocycles. The van der Waals surface area contributed by atoms with Gasteiger partial charge in [0, 0.05) is 4.47 Å². The van der Waals surface area contributed by atoms with Gasteiger partial charge in [-0.1, -0.05) is 40.2 Å². The van der Waals surface area contributed by atoms with Crippen molar-refractivity contribution in [3.8, 4) is 11.1 Å². The molecule has 0 saturated carbocycles. The lowest BCUT2D eigenvalue weighted by Crippen LogP contribution is -2.36. The summed E-state index contributed by atoms with van der Waals surface area (Å²) in [4.78, 5) is 12.5. The highest BCUT2D eigenvalue weighted by molar-refractivity contribution is 9.10. The highest BCUT2D eigenvalue weighted by Crippen LogP contribution is 2.49. The molecular formula is C16H14BBrO4. The molecule has 22 heavy (non-hydrogen) atoms. The molecule has 0 aromatic heterocycles. The highest BCUT2D eigenvalue weighted by Gasteiger charge is 2.46. The number of ether oxygens (including phenoxy) is 1. The van der Waals surface area contributed by atoms with Crippen LogP contribution >= 0.6 is 15.9 Å². The summed E-state index contributed by atoms with van der Waals surface area (Å²) in [5.41, 5.74) is 2.78. The molecule has 4 nitrogen and oxygen atoms in total. The van der Waals surface area contributed by atoms with E-state index in [-0.39, 0.29) is 5.97 Å². The summed E-state index contributed by atoms with van der Waals surface area (Å²) in [6.45, 7) is 1.80. The molecule has 112 valence electrons. The third-order valence-corrected chi connectivity index (χ3v) is 4.78. The summed E-state index contributed by atoms with van der Waals surface area (Å²) in [6.07, 6.45) is 0. The Labute approximate surface area is 137 Å². The quantitative estimate of drug-likeness (QED) is 0.630. The van der Waals surface area contributed by atoms with E-state index >= 15 is 0 Å². The number of esters is 1. The smallest absolute Gasteiger partial charge is 0.468 e. The Balaban J connectivity index is 2.34. The van der Waals surface area contributed by atoms with Crippen molar-refractivity contribution in [3.05, 3.63) is 52.0 Å². The van der Waals surface area contributed by atoms with E-state index in [1.807, 2.05) is 24.3 Å². The minimum absolute atomic E-state index is 0.348. The molecule has 1 unspecified atom stereocenters. The molecule has 2 N–H and O–H groups in total. The van der Waals surface area contributed by atoms with Gasteiger partial charge in [-0.2, -0.15) is 0 Å². The van der Waals surface area contributed by atoms with Gasteiger partial charge in [0.25, 0.3) is 0 Å². The standard InChI is InChI=1S/C16H14BBrO4/c1-16(15(19)22-2)13-7-9(17(20)21)3-5-11(13)12-6-4-10(18)8-14(12)16/h3-8,20-21H,1-2H3. The van der Waals surface area contributed by atoms with Crippen molar-refractivity contribution in [1.29, 1.82) is 0 Å². The van der Waals surface area contributed by atoms with E-state index in [1.165, 1.54) is 7.11 Å². The summed E-state index contributed by atoms with van der Waals surface area (Å²) in [5, 5.41) is 18.8. The van der Waals surface area contributed by atoms with Gasteiger partial charge in [-0.3, -0.25) is 4.79 Å². The van der Waals surface area contributed by atoms with Gasteiger partial charge in [0.1, 0.15) is 5.41 Å². The Morgan fingerprint density at radius 3 is 2.32 bits per heavy atom. The van der Waals surface area contributed by atoms with Crippen molar-refractivity contribution in [2.45, 2.75) is 12.3 Å². The van der Waals surface area contributed by atoms with Crippen molar-refractivity contribution in [1.82, 2.24) is 0 Å². The number of hydrogen-bond donors (Lipinski definition) is 2. The van der Waals surface area contributed by atoms with Crippen LogP contribution in [0.15, 0.2) is 40.9 Å². The van der Waals surface area contributed by atoms with Crippen LogP contribution in [0.1, 0.15) is 18.1 Å². The molecule has 0 saturated heterocycles. The normalized spacial score (nSPS) is 18.6. The van der Waals surface area contributed by atoms with E-state index in [1.54, 1.807) is 19.1 Å². The highest BCUT2D eigenvalue weighted by atomic mass is 79.9. The first-order chi connectivity index (χ1) is 10.4. The number of rotatable bonds is 2. The molecule has 0 heterocycles. The van der Waals surface area contributed by atoms with Gasteiger partial charge in [-0.25, -0.2) is 0 Å². The molecule has 0 radical (unpaired) electrons. The van der Waals surface area contributed by atoms with Crippen LogP contribution < -0.4 is 5.46 Å². The zero-order chi connectivity index (χ0) is 16.1. The number of methoxy groups -OCH3 is 1. The van der Waals surface area contributed by atoms with E-state index in [2.05, 4.69) is 15.9 Å². The third-order valence-electron chi connectivity index (χ3n) is 4.28. The lowest BCUT2D eigenvalue weighted by molar-refractivity contribution is -0.145.